The fourth-order valence-corrected chi connectivity index (χ4v) is 3.45. The summed E-state index contributed by atoms with van der Waals surface area (Å²) in [6, 6.07) is 9.28. The molecule has 4 nitrogen and oxygen atoms in total. The van der Waals surface area contributed by atoms with Crippen LogP contribution in [0.4, 0.5) is 8.78 Å². The third-order valence-corrected chi connectivity index (χ3v) is 5.04. The molecule has 2 aliphatic rings. The molecule has 1 N–H and O–H groups in total. The van der Waals surface area contributed by atoms with Crippen LogP contribution in [0.5, 0.6) is 5.75 Å². The largest absolute Gasteiger partial charge is 0.490 e. The molecule has 0 amide bonds. The molecule has 2 aromatic rings. The van der Waals surface area contributed by atoms with Crippen LogP contribution in [0.1, 0.15) is 24.8 Å². The minimum atomic E-state index is -0.471. The Bertz CT molecular complexity index is 815. The predicted molar refractivity (Wildman–Crippen MR) is 115 cm³/mol. The second-order valence-electron chi connectivity index (χ2n) is 6.09. The van der Waals surface area contributed by atoms with Crippen LogP contribution in [0.25, 0.3) is 0 Å². The molecule has 8 heteroatoms. The van der Waals surface area contributed by atoms with Crippen molar-refractivity contribution in [1.82, 2.24) is 0 Å². The molecule has 162 valence electrons. The third kappa shape index (κ3) is 7.29. The molecule has 30 heavy (non-hydrogen) atoms. The number of carbonyl (C=O) groups is 1. The summed E-state index contributed by atoms with van der Waals surface area (Å²) >= 11 is 6.30. The Labute approximate surface area is 184 Å². The van der Waals surface area contributed by atoms with E-state index in [9.17, 15) is 8.78 Å². The van der Waals surface area contributed by atoms with E-state index >= 15 is 0 Å². The normalized spacial score (nSPS) is 18.2. The maximum Gasteiger partial charge on any atom is 0.165 e. The zero-order chi connectivity index (χ0) is 22.5. The molecule has 2 unspecified atom stereocenters. The summed E-state index contributed by atoms with van der Waals surface area (Å²) in [5, 5.41) is 0.688. The molecular formula is C22H23ClF2O4S. The highest BCUT2D eigenvalue weighted by molar-refractivity contribution is 7.93. The molecule has 0 aromatic heterocycles. The average molecular weight is 457 g/mol. The number of hydrogen-bond acceptors (Lipinski definition) is 5. The van der Waals surface area contributed by atoms with Gasteiger partial charge in [0, 0.05) is 46.0 Å². The van der Waals surface area contributed by atoms with Gasteiger partial charge in [0.15, 0.2) is 11.6 Å². The number of benzene rings is 2. The van der Waals surface area contributed by atoms with Gasteiger partial charge in [0.2, 0.25) is 0 Å². The van der Waals surface area contributed by atoms with Gasteiger partial charge >= 0.3 is 0 Å². The number of terminal acetylenes is 1. The summed E-state index contributed by atoms with van der Waals surface area (Å²) in [4.78, 5) is 9.61. The van der Waals surface area contributed by atoms with E-state index in [2.05, 4.69) is 12.8 Å². The second kappa shape index (κ2) is 14.0. The van der Waals surface area contributed by atoms with E-state index in [-0.39, 0.29) is 23.4 Å². The van der Waals surface area contributed by atoms with Crippen LogP contribution in [0.3, 0.4) is 0 Å². The molecule has 4 rings (SSSR count). The van der Waals surface area contributed by atoms with Crippen molar-refractivity contribution >= 4 is 29.9 Å². The first-order valence-corrected chi connectivity index (χ1v) is 10.2. The van der Waals surface area contributed by atoms with Crippen LogP contribution in [0, 0.1) is 30.4 Å². The quantitative estimate of drug-likeness (QED) is 0.332. The second-order valence-corrected chi connectivity index (χ2v) is 7.18. The first kappa shape index (κ1) is 25.9. The van der Waals surface area contributed by atoms with Gasteiger partial charge in [-0.05, 0) is 49.7 Å². The van der Waals surface area contributed by atoms with Crippen molar-refractivity contribution in [3.05, 3.63) is 58.6 Å². The highest BCUT2D eigenvalue weighted by Gasteiger charge is 2.36. The Morgan fingerprint density at radius 2 is 1.73 bits per heavy atom. The zero-order valence-electron chi connectivity index (χ0n) is 16.4. The Morgan fingerprint density at radius 1 is 1.13 bits per heavy atom. The molecule has 2 aromatic carbocycles. The summed E-state index contributed by atoms with van der Waals surface area (Å²) in [7, 11) is 0. The fraction of sp³-hybridized carbons (Fsp3) is 0.318. The Hall–Kier alpha value is -2.11. The number of rotatable bonds is 1. The Kier molecular flexibility index (Phi) is 12.1. The summed E-state index contributed by atoms with van der Waals surface area (Å²) in [5.41, 5.74) is 0.402. The van der Waals surface area contributed by atoms with E-state index in [0.29, 0.717) is 30.4 Å². The molecule has 2 atom stereocenters. The molecule has 0 spiro atoms. The lowest BCUT2D eigenvalue weighted by atomic mass is 9.80. The molecule has 2 aliphatic heterocycles. The molecule has 1 saturated heterocycles. The van der Waals surface area contributed by atoms with E-state index in [0.717, 1.165) is 35.7 Å². The van der Waals surface area contributed by atoms with Crippen LogP contribution in [0.15, 0.2) is 41.3 Å². The van der Waals surface area contributed by atoms with Gasteiger partial charge in [0.25, 0.3) is 0 Å². The van der Waals surface area contributed by atoms with Gasteiger partial charge in [0.1, 0.15) is 12.1 Å². The summed E-state index contributed by atoms with van der Waals surface area (Å²) < 4.78 is 46.4. The van der Waals surface area contributed by atoms with Crippen LogP contribution < -0.4 is 4.74 Å². The van der Waals surface area contributed by atoms with Gasteiger partial charge in [-0.3, -0.25) is 0 Å². The van der Waals surface area contributed by atoms with Crippen LogP contribution in [-0.2, 0) is 9.53 Å². The Morgan fingerprint density at radius 3 is 2.33 bits per heavy atom. The van der Waals surface area contributed by atoms with Crippen molar-refractivity contribution in [3.63, 3.8) is 0 Å². The van der Waals surface area contributed by atoms with Crippen molar-refractivity contribution in [3.8, 4) is 18.6 Å². The smallest absolute Gasteiger partial charge is 0.165 e. The summed E-state index contributed by atoms with van der Waals surface area (Å²) in [6.45, 7) is 3.04. The van der Waals surface area contributed by atoms with E-state index in [1.165, 1.54) is 13.0 Å². The first-order chi connectivity index (χ1) is 14.5. The minimum Gasteiger partial charge on any atom is -0.490 e. The molecule has 0 saturated carbocycles. The van der Waals surface area contributed by atoms with Crippen molar-refractivity contribution in [1.29, 1.82) is 0 Å². The Balaban J connectivity index is 0.000000274. The van der Waals surface area contributed by atoms with Crippen molar-refractivity contribution in [2.45, 2.75) is 24.2 Å². The highest BCUT2D eigenvalue weighted by Crippen LogP contribution is 2.43. The van der Waals surface area contributed by atoms with E-state index in [1.807, 2.05) is 0 Å². The first-order valence-electron chi connectivity index (χ1n) is 9.00. The molecule has 2 heterocycles. The van der Waals surface area contributed by atoms with Gasteiger partial charge in [0.05, 0.1) is 13.2 Å². The lowest BCUT2D eigenvalue weighted by Crippen LogP contribution is -2.35. The predicted octanol–water partition coefficient (Wildman–Crippen LogP) is 5.84. The number of aldehydes is 1. The maximum absolute atomic E-state index is 13.7. The van der Waals surface area contributed by atoms with Crippen molar-refractivity contribution in [2.75, 3.05) is 19.8 Å². The fourth-order valence-electron chi connectivity index (χ4n) is 3.07. The van der Waals surface area contributed by atoms with Gasteiger partial charge in [-0.25, -0.2) is 8.78 Å². The summed E-state index contributed by atoms with van der Waals surface area (Å²) in [6.07, 6.45) is 9.49. The van der Waals surface area contributed by atoms with Crippen LogP contribution in [-0.4, -0.2) is 30.7 Å². The molecule has 0 aliphatic carbocycles. The van der Waals surface area contributed by atoms with Crippen LogP contribution in [0.2, 0.25) is 5.02 Å². The zero-order valence-corrected chi connectivity index (χ0v) is 18.0. The van der Waals surface area contributed by atoms with Gasteiger partial charge in [-0.2, -0.15) is 0 Å². The van der Waals surface area contributed by atoms with Gasteiger partial charge < -0.3 is 18.8 Å². The topological polar surface area (TPSA) is 55.8 Å². The number of hydrogen-bond donors (Lipinski definition) is 1. The highest BCUT2D eigenvalue weighted by atomic mass is 35.5. The van der Waals surface area contributed by atoms with Crippen molar-refractivity contribution < 1.29 is 27.6 Å². The minimum absolute atomic E-state index is 0.0354. The number of fused-ring (bicyclic) bond motifs is 3. The van der Waals surface area contributed by atoms with Crippen LogP contribution >= 0.6 is 23.6 Å². The standard InChI is InChI=1S/C12H12F2O2.C6H5ClOS.C2H4O.C2H2/c13-9-1-2-10(14)12-11(9)8-3-4-15-5-7(8)6-16-12;7-5-1-3-6(9-8)4-2-5;1-2-3;1-2/h1-2,7-8H,3-6H2;1-4,8H;2H,1H3;1-2H. The SMILES string of the molecule is C#C.CC=O.Fc1ccc(F)c2c1OCC1COCCC21.OSc1ccc(Cl)cc1. The average Bonchev–Trinajstić information content (AvgIpc) is 2.79. The lowest BCUT2D eigenvalue weighted by molar-refractivity contribution is -0.106. The van der Waals surface area contributed by atoms with Gasteiger partial charge in [-0.15, -0.1) is 12.8 Å². The maximum atomic E-state index is 13.7. The summed E-state index contributed by atoms with van der Waals surface area (Å²) in [5.74, 6) is -0.553. The molecule has 1 fully saturated rings. The number of carbonyl (C=O) groups excluding carboxylic acids is 1. The van der Waals surface area contributed by atoms with E-state index in [4.69, 9.17) is 30.4 Å². The van der Waals surface area contributed by atoms with Gasteiger partial charge in [-0.1, -0.05) is 11.6 Å². The van der Waals surface area contributed by atoms with Crippen molar-refractivity contribution in [2.24, 2.45) is 5.92 Å². The third-order valence-electron chi connectivity index (χ3n) is 4.30. The number of halogens is 3. The lowest BCUT2D eigenvalue weighted by Gasteiger charge is -2.36. The number of ether oxygens (including phenoxy) is 2. The monoisotopic (exact) mass is 456 g/mol. The molecule has 0 bridgehead atoms. The molecule has 0 radical (unpaired) electrons. The van der Waals surface area contributed by atoms with E-state index in [1.54, 1.807) is 24.3 Å². The van der Waals surface area contributed by atoms with E-state index < -0.39 is 5.82 Å². The molecular weight excluding hydrogens is 434 g/mol.